The van der Waals surface area contributed by atoms with Crippen molar-refractivity contribution in [2.75, 3.05) is 50.2 Å². The molecule has 1 aliphatic heterocycles. The summed E-state index contributed by atoms with van der Waals surface area (Å²) < 4.78 is 16.3. The maximum absolute atomic E-state index is 12.1. The number of alkyl carbamates (subject to hydrolysis) is 1. The number of carbonyl (C=O) groups is 1. The summed E-state index contributed by atoms with van der Waals surface area (Å²) >= 11 is 0. The molecule has 1 aliphatic rings. The van der Waals surface area contributed by atoms with Crippen LogP contribution in [0, 0.1) is 0 Å². The molecule has 192 valence electrons. The van der Waals surface area contributed by atoms with E-state index in [4.69, 9.17) is 14.2 Å². The van der Waals surface area contributed by atoms with Crippen LogP contribution in [0.25, 0.3) is 10.9 Å². The standard InChI is InChI=1S/C26H34N6O4/c1-3-35-16-6-12-28-26(33)36-20-10-14-32(15-11-20)24-21-18-30-25(31-22(21)9-13-27-24)29-17-19-7-4-5-8-23(19)34-2/h4-5,7-9,13,18,20H,3,6,10-12,14-17H2,1-2H3,(H,28,33)(H,29,30,31). The van der Waals surface area contributed by atoms with Gasteiger partial charge in [0.1, 0.15) is 17.7 Å². The highest BCUT2D eigenvalue weighted by molar-refractivity contribution is 5.89. The number of nitrogens with one attached hydrogen (secondary N) is 2. The molecule has 2 N–H and O–H groups in total. The van der Waals surface area contributed by atoms with Crippen LogP contribution in [-0.4, -0.2) is 67.1 Å². The average molecular weight is 495 g/mol. The van der Waals surface area contributed by atoms with Gasteiger partial charge >= 0.3 is 6.09 Å². The van der Waals surface area contributed by atoms with Crippen LogP contribution in [0.3, 0.4) is 0 Å². The Morgan fingerprint density at radius 1 is 1.17 bits per heavy atom. The van der Waals surface area contributed by atoms with E-state index in [0.29, 0.717) is 32.3 Å². The van der Waals surface area contributed by atoms with Gasteiger partial charge in [0.2, 0.25) is 5.95 Å². The lowest BCUT2D eigenvalue weighted by Gasteiger charge is -2.32. The van der Waals surface area contributed by atoms with Gasteiger partial charge in [-0.3, -0.25) is 0 Å². The normalized spacial score (nSPS) is 14.0. The summed E-state index contributed by atoms with van der Waals surface area (Å²) in [5, 5.41) is 6.96. The van der Waals surface area contributed by atoms with Crippen molar-refractivity contribution in [1.29, 1.82) is 0 Å². The van der Waals surface area contributed by atoms with Gasteiger partial charge in [-0.05, 0) is 25.5 Å². The van der Waals surface area contributed by atoms with E-state index in [2.05, 4.69) is 30.5 Å². The molecule has 0 aliphatic carbocycles. The number of carbonyl (C=O) groups excluding carboxylic acids is 1. The second-order valence-electron chi connectivity index (χ2n) is 8.50. The number of pyridine rings is 1. The van der Waals surface area contributed by atoms with E-state index in [1.165, 1.54) is 0 Å². The minimum absolute atomic E-state index is 0.106. The summed E-state index contributed by atoms with van der Waals surface area (Å²) in [6, 6.07) is 9.75. The van der Waals surface area contributed by atoms with Gasteiger partial charge in [0, 0.05) is 70.2 Å². The number of aromatic nitrogens is 3. The highest BCUT2D eigenvalue weighted by atomic mass is 16.6. The summed E-state index contributed by atoms with van der Waals surface area (Å²) in [6.07, 6.45) is 5.36. The molecule has 2 aromatic heterocycles. The maximum Gasteiger partial charge on any atom is 0.407 e. The average Bonchev–Trinajstić information content (AvgIpc) is 2.92. The number of hydrogen-bond acceptors (Lipinski definition) is 9. The highest BCUT2D eigenvalue weighted by Gasteiger charge is 2.24. The van der Waals surface area contributed by atoms with E-state index in [1.54, 1.807) is 13.3 Å². The molecule has 0 atom stereocenters. The van der Waals surface area contributed by atoms with Crippen molar-refractivity contribution in [2.24, 2.45) is 0 Å². The van der Waals surface area contributed by atoms with Crippen LogP contribution in [0.5, 0.6) is 5.75 Å². The Labute approximate surface area is 211 Å². The number of anilines is 2. The van der Waals surface area contributed by atoms with Gasteiger partial charge in [-0.15, -0.1) is 0 Å². The van der Waals surface area contributed by atoms with Crippen molar-refractivity contribution < 1.29 is 19.0 Å². The summed E-state index contributed by atoms with van der Waals surface area (Å²) in [6.45, 7) is 5.85. The van der Waals surface area contributed by atoms with Gasteiger partial charge in [-0.25, -0.2) is 19.7 Å². The molecule has 1 saturated heterocycles. The van der Waals surface area contributed by atoms with E-state index in [-0.39, 0.29) is 12.2 Å². The third kappa shape index (κ3) is 6.72. The number of rotatable bonds is 11. The predicted molar refractivity (Wildman–Crippen MR) is 138 cm³/mol. The summed E-state index contributed by atoms with van der Waals surface area (Å²) in [4.78, 5) is 28.1. The quantitative estimate of drug-likeness (QED) is 0.385. The first-order chi connectivity index (χ1) is 17.7. The maximum atomic E-state index is 12.1. The third-order valence-electron chi connectivity index (χ3n) is 6.07. The van der Waals surface area contributed by atoms with E-state index < -0.39 is 0 Å². The molecule has 1 aromatic carbocycles. The van der Waals surface area contributed by atoms with E-state index in [9.17, 15) is 4.79 Å². The minimum Gasteiger partial charge on any atom is -0.496 e. The number of fused-ring (bicyclic) bond motifs is 1. The van der Waals surface area contributed by atoms with Gasteiger partial charge in [0.15, 0.2) is 0 Å². The number of piperidine rings is 1. The SMILES string of the molecule is CCOCCCNC(=O)OC1CCN(c2nccc3nc(NCc4ccccc4OC)ncc23)CC1. The molecule has 10 heteroatoms. The zero-order valence-corrected chi connectivity index (χ0v) is 20.9. The molecule has 3 aromatic rings. The second-order valence-corrected chi connectivity index (χ2v) is 8.50. The van der Waals surface area contributed by atoms with Crippen LogP contribution in [0.1, 0.15) is 31.7 Å². The van der Waals surface area contributed by atoms with Crippen molar-refractivity contribution >= 4 is 28.8 Å². The summed E-state index contributed by atoms with van der Waals surface area (Å²) in [5.41, 5.74) is 1.85. The van der Waals surface area contributed by atoms with Gasteiger partial charge < -0.3 is 29.7 Å². The van der Waals surface area contributed by atoms with Gasteiger partial charge in [-0.1, -0.05) is 18.2 Å². The molecule has 10 nitrogen and oxygen atoms in total. The monoisotopic (exact) mass is 494 g/mol. The molecule has 0 saturated carbocycles. The van der Waals surface area contributed by atoms with Crippen molar-refractivity contribution in [2.45, 2.75) is 38.8 Å². The molecule has 0 unspecified atom stereocenters. The largest absolute Gasteiger partial charge is 0.496 e. The van der Waals surface area contributed by atoms with Crippen LogP contribution in [-0.2, 0) is 16.0 Å². The Kier molecular flexibility index (Phi) is 9.09. The van der Waals surface area contributed by atoms with Crippen LogP contribution < -0.4 is 20.3 Å². The minimum atomic E-state index is -0.366. The molecule has 0 bridgehead atoms. The smallest absolute Gasteiger partial charge is 0.407 e. The fourth-order valence-electron chi connectivity index (χ4n) is 4.19. The molecule has 1 fully saturated rings. The van der Waals surface area contributed by atoms with Crippen LogP contribution in [0.15, 0.2) is 42.7 Å². The highest BCUT2D eigenvalue weighted by Crippen LogP contribution is 2.27. The van der Waals surface area contributed by atoms with Crippen molar-refractivity contribution in [3.63, 3.8) is 0 Å². The van der Waals surface area contributed by atoms with E-state index in [0.717, 1.165) is 60.4 Å². The van der Waals surface area contributed by atoms with E-state index >= 15 is 0 Å². The summed E-state index contributed by atoms with van der Waals surface area (Å²) in [7, 11) is 1.66. The molecule has 3 heterocycles. The topological polar surface area (TPSA) is 111 Å². The second kappa shape index (κ2) is 12.9. The summed E-state index contributed by atoms with van der Waals surface area (Å²) in [5.74, 6) is 2.22. The predicted octanol–water partition coefficient (Wildman–Crippen LogP) is 3.77. The lowest BCUT2D eigenvalue weighted by atomic mass is 10.1. The number of ether oxygens (including phenoxy) is 3. The third-order valence-corrected chi connectivity index (χ3v) is 6.07. The number of benzene rings is 1. The molecule has 0 radical (unpaired) electrons. The van der Waals surface area contributed by atoms with E-state index in [1.807, 2.05) is 43.5 Å². The molecule has 0 spiro atoms. The zero-order valence-electron chi connectivity index (χ0n) is 20.9. The number of nitrogens with zero attached hydrogens (tertiary/aromatic N) is 4. The molecular formula is C26H34N6O4. The first kappa shape index (κ1) is 25.4. The van der Waals surface area contributed by atoms with Crippen LogP contribution in [0.4, 0.5) is 16.6 Å². The molecule has 36 heavy (non-hydrogen) atoms. The molecular weight excluding hydrogens is 460 g/mol. The van der Waals surface area contributed by atoms with Crippen molar-refractivity contribution in [3.8, 4) is 5.75 Å². The number of methoxy groups -OCH3 is 1. The first-order valence-electron chi connectivity index (χ1n) is 12.4. The number of hydrogen-bond donors (Lipinski definition) is 2. The fourth-order valence-corrected chi connectivity index (χ4v) is 4.19. The number of amides is 1. The molecule has 1 amide bonds. The Bertz CT molecular complexity index is 1140. The fraction of sp³-hybridized carbons (Fsp3) is 0.462. The Morgan fingerprint density at radius 2 is 2.00 bits per heavy atom. The van der Waals surface area contributed by atoms with Crippen molar-refractivity contribution in [3.05, 3.63) is 48.3 Å². The van der Waals surface area contributed by atoms with Crippen molar-refractivity contribution in [1.82, 2.24) is 20.3 Å². The first-order valence-corrected chi connectivity index (χ1v) is 12.4. The lowest BCUT2D eigenvalue weighted by molar-refractivity contribution is 0.0820. The zero-order chi connectivity index (χ0) is 25.2. The van der Waals surface area contributed by atoms with Gasteiger partial charge in [0.05, 0.1) is 18.0 Å². The van der Waals surface area contributed by atoms with Gasteiger partial charge in [0.25, 0.3) is 0 Å². The van der Waals surface area contributed by atoms with Crippen LogP contribution in [0.2, 0.25) is 0 Å². The van der Waals surface area contributed by atoms with Crippen LogP contribution >= 0.6 is 0 Å². The Balaban J connectivity index is 1.31. The number of para-hydroxylation sites is 1. The lowest BCUT2D eigenvalue weighted by Crippen LogP contribution is -2.40. The molecule has 4 rings (SSSR count). The Hall–Kier alpha value is -3.66. The van der Waals surface area contributed by atoms with Gasteiger partial charge in [-0.2, -0.15) is 0 Å². The Morgan fingerprint density at radius 3 is 2.81 bits per heavy atom.